The van der Waals surface area contributed by atoms with E-state index in [4.69, 9.17) is 5.73 Å². The van der Waals surface area contributed by atoms with Crippen molar-refractivity contribution in [2.75, 3.05) is 26.2 Å². The Bertz CT molecular complexity index is 1420. The fraction of sp³-hybridized carbons (Fsp3) is 0.208. The lowest BCUT2D eigenvalue weighted by molar-refractivity contribution is -0.130. The number of amides is 2. The summed E-state index contributed by atoms with van der Waals surface area (Å²) in [4.78, 5) is 39.1. The van der Waals surface area contributed by atoms with Crippen LogP contribution in [0.4, 0.5) is 0 Å². The number of rotatable bonds is 3. The molecule has 1 aliphatic carbocycles. The van der Waals surface area contributed by atoms with Crippen molar-refractivity contribution >= 4 is 39.0 Å². The lowest BCUT2D eigenvalue weighted by Crippen LogP contribution is -2.49. The molecule has 9 nitrogen and oxygen atoms in total. The highest BCUT2D eigenvalue weighted by atomic mass is 32.2. The minimum absolute atomic E-state index is 0.0801. The molecular formula is C24H22N4O5S. The van der Waals surface area contributed by atoms with Gasteiger partial charge in [-0.3, -0.25) is 14.4 Å². The number of benzene rings is 2. The van der Waals surface area contributed by atoms with Gasteiger partial charge in [0.25, 0.3) is 5.91 Å². The third kappa shape index (κ3) is 3.34. The van der Waals surface area contributed by atoms with Crippen LogP contribution >= 0.6 is 0 Å². The van der Waals surface area contributed by atoms with E-state index in [9.17, 15) is 22.8 Å². The third-order valence-electron chi connectivity index (χ3n) is 6.39. The van der Waals surface area contributed by atoms with Gasteiger partial charge in [0.15, 0.2) is 5.78 Å². The number of carbonyl (C=O) groups excluding carboxylic acids is 3. The second-order valence-electron chi connectivity index (χ2n) is 8.30. The maximum absolute atomic E-state index is 13.2. The molecule has 0 unspecified atom stereocenters. The molecule has 174 valence electrons. The van der Waals surface area contributed by atoms with Crippen molar-refractivity contribution in [3.63, 3.8) is 0 Å². The zero-order valence-electron chi connectivity index (χ0n) is 18.4. The SMILES string of the molecule is CC(=O)N1CCN(S(=O)(=O)c2ccc(C3=C4C(=O)c5ccccc5C(N)=C4C(=O)N3)cc2)CC1. The Kier molecular flexibility index (Phi) is 5.14. The number of Topliss-reactive ketones (excluding diaryl/α,β-unsaturated/α-hetero) is 1. The van der Waals surface area contributed by atoms with Gasteiger partial charge in [-0.05, 0) is 17.7 Å². The molecule has 34 heavy (non-hydrogen) atoms. The summed E-state index contributed by atoms with van der Waals surface area (Å²) in [7, 11) is -3.75. The molecule has 2 amide bonds. The van der Waals surface area contributed by atoms with Crippen molar-refractivity contribution in [3.05, 3.63) is 76.4 Å². The Hall–Kier alpha value is -3.76. The molecule has 0 spiro atoms. The number of nitrogens with zero attached hydrogens (tertiary/aromatic N) is 2. The first-order chi connectivity index (χ1) is 16.2. The number of sulfonamides is 1. The molecule has 10 heteroatoms. The molecule has 2 aromatic rings. The zero-order valence-corrected chi connectivity index (χ0v) is 19.2. The Morgan fingerprint density at radius 1 is 0.912 bits per heavy atom. The van der Waals surface area contributed by atoms with E-state index in [1.54, 1.807) is 41.3 Å². The summed E-state index contributed by atoms with van der Waals surface area (Å²) in [5.74, 6) is -0.859. The number of hydrogen-bond donors (Lipinski definition) is 2. The topological polar surface area (TPSA) is 130 Å². The molecule has 1 fully saturated rings. The predicted octanol–water partition coefficient (Wildman–Crippen LogP) is 0.947. The molecule has 2 aliphatic heterocycles. The minimum Gasteiger partial charge on any atom is -0.398 e. The normalized spacial score (nSPS) is 18.7. The monoisotopic (exact) mass is 478 g/mol. The minimum atomic E-state index is -3.75. The quantitative estimate of drug-likeness (QED) is 0.676. The van der Waals surface area contributed by atoms with Crippen LogP contribution in [-0.4, -0.2) is 61.4 Å². The first-order valence-corrected chi connectivity index (χ1v) is 12.2. The van der Waals surface area contributed by atoms with Gasteiger partial charge in [-0.25, -0.2) is 8.42 Å². The van der Waals surface area contributed by atoms with Crippen LogP contribution in [0, 0.1) is 0 Å². The summed E-state index contributed by atoms with van der Waals surface area (Å²) >= 11 is 0. The number of nitrogens with two attached hydrogens (primary N) is 1. The number of carbonyl (C=O) groups is 3. The fourth-order valence-corrected chi connectivity index (χ4v) is 5.97. The largest absolute Gasteiger partial charge is 0.398 e. The molecule has 2 heterocycles. The Morgan fingerprint density at radius 2 is 1.53 bits per heavy atom. The van der Waals surface area contributed by atoms with E-state index in [1.807, 2.05) is 0 Å². The van der Waals surface area contributed by atoms with Crippen LogP contribution in [0.25, 0.3) is 11.4 Å². The van der Waals surface area contributed by atoms with Gasteiger partial charge in [0.1, 0.15) is 0 Å². The summed E-state index contributed by atoms with van der Waals surface area (Å²) in [5, 5.41) is 2.73. The summed E-state index contributed by atoms with van der Waals surface area (Å²) in [5.41, 5.74) is 8.55. The van der Waals surface area contributed by atoms with Gasteiger partial charge in [0, 0.05) is 44.2 Å². The molecule has 0 bridgehead atoms. The van der Waals surface area contributed by atoms with Crippen molar-refractivity contribution in [1.82, 2.24) is 14.5 Å². The highest BCUT2D eigenvalue weighted by Gasteiger charge is 2.39. The lowest BCUT2D eigenvalue weighted by Gasteiger charge is -2.33. The average molecular weight is 479 g/mol. The summed E-state index contributed by atoms with van der Waals surface area (Å²) < 4.78 is 27.5. The van der Waals surface area contributed by atoms with Crippen LogP contribution in [0.15, 0.2) is 64.6 Å². The van der Waals surface area contributed by atoms with E-state index < -0.39 is 15.9 Å². The maximum Gasteiger partial charge on any atom is 0.258 e. The average Bonchev–Trinajstić information content (AvgIpc) is 3.20. The van der Waals surface area contributed by atoms with Gasteiger partial charge in [0.2, 0.25) is 15.9 Å². The van der Waals surface area contributed by atoms with Crippen LogP contribution in [0.1, 0.15) is 28.4 Å². The Labute approximate surface area is 196 Å². The summed E-state index contributed by atoms with van der Waals surface area (Å²) in [6.07, 6.45) is 0. The van der Waals surface area contributed by atoms with Crippen LogP contribution in [0.2, 0.25) is 0 Å². The highest BCUT2D eigenvalue weighted by molar-refractivity contribution is 7.89. The fourth-order valence-electron chi connectivity index (χ4n) is 4.55. The van der Waals surface area contributed by atoms with E-state index in [0.29, 0.717) is 35.5 Å². The van der Waals surface area contributed by atoms with Crippen LogP contribution < -0.4 is 11.1 Å². The molecular weight excluding hydrogens is 456 g/mol. The van der Waals surface area contributed by atoms with Gasteiger partial charge in [0.05, 0.1) is 27.4 Å². The molecule has 3 N–H and O–H groups in total. The van der Waals surface area contributed by atoms with Crippen molar-refractivity contribution in [1.29, 1.82) is 0 Å². The van der Waals surface area contributed by atoms with Gasteiger partial charge in [-0.2, -0.15) is 4.31 Å². The standard InChI is InChI=1S/C24H22N4O5S/c1-14(29)27-10-12-28(13-11-27)34(32,33)16-8-6-15(7-9-16)22-20-19(24(31)26-22)21(25)17-4-2-3-5-18(17)23(20)30/h2-9H,10-13,25H2,1H3,(H,26,31). The van der Waals surface area contributed by atoms with Crippen molar-refractivity contribution < 1.29 is 22.8 Å². The van der Waals surface area contributed by atoms with E-state index in [1.165, 1.54) is 23.4 Å². The van der Waals surface area contributed by atoms with E-state index in [-0.39, 0.29) is 46.5 Å². The summed E-state index contributed by atoms with van der Waals surface area (Å²) in [6, 6.07) is 12.9. The molecule has 0 aromatic heterocycles. The zero-order chi connectivity index (χ0) is 24.2. The van der Waals surface area contributed by atoms with Gasteiger partial charge >= 0.3 is 0 Å². The van der Waals surface area contributed by atoms with E-state index >= 15 is 0 Å². The predicted molar refractivity (Wildman–Crippen MR) is 124 cm³/mol. The third-order valence-corrected chi connectivity index (χ3v) is 8.30. The van der Waals surface area contributed by atoms with Gasteiger partial charge in [-0.15, -0.1) is 0 Å². The molecule has 1 saturated heterocycles. The number of nitrogens with one attached hydrogen (secondary N) is 1. The summed E-state index contributed by atoms with van der Waals surface area (Å²) in [6.45, 7) is 2.58. The first kappa shape index (κ1) is 22.1. The molecule has 0 radical (unpaired) electrons. The molecule has 3 aliphatic rings. The first-order valence-electron chi connectivity index (χ1n) is 10.8. The van der Waals surface area contributed by atoms with Gasteiger partial charge in [-0.1, -0.05) is 36.4 Å². The second-order valence-corrected chi connectivity index (χ2v) is 10.2. The molecule has 2 aromatic carbocycles. The molecule has 0 saturated carbocycles. The number of hydrogen-bond acceptors (Lipinski definition) is 6. The Morgan fingerprint density at radius 3 is 2.15 bits per heavy atom. The van der Waals surface area contributed by atoms with Crippen LogP contribution in [0.3, 0.4) is 0 Å². The lowest BCUT2D eigenvalue weighted by atomic mass is 9.84. The number of ketones is 1. The van der Waals surface area contributed by atoms with Gasteiger partial charge < -0.3 is 16.0 Å². The molecule has 0 atom stereocenters. The molecule has 5 rings (SSSR count). The maximum atomic E-state index is 13.2. The van der Waals surface area contributed by atoms with Crippen molar-refractivity contribution in [3.8, 4) is 0 Å². The highest BCUT2D eigenvalue weighted by Crippen LogP contribution is 2.39. The van der Waals surface area contributed by atoms with Crippen molar-refractivity contribution in [2.45, 2.75) is 11.8 Å². The van der Waals surface area contributed by atoms with Crippen LogP contribution in [-0.2, 0) is 19.6 Å². The van der Waals surface area contributed by atoms with Crippen LogP contribution in [0.5, 0.6) is 0 Å². The van der Waals surface area contributed by atoms with E-state index in [0.717, 1.165) is 0 Å². The number of fused-ring (bicyclic) bond motifs is 2. The Balaban J connectivity index is 1.48. The van der Waals surface area contributed by atoms with E-state index in [2.05, 4.69) is 5.32 Å². The number of piperazine rings is 1. The van der Waals surface area contributed by atoms with Crippen molar-refractivity contribution in [2.24, 2.45) is 5.73 Å². The smallest absolute Gasteiger partial charge is 0.258 e. The second kappa shape index (κ2) is 7.93.